The van der Waals surface area contributed by atoms with Crippen LogP contribution in [0.3, 0.4) is 0 Å². The molecule has 0 fully saturated rings. The Kier molecular flexibility index (Phi) is 5.64. The number of fused-ring (bicyclic) bond motifs is 10. The predicted molar refractivity (Wildman–Crippen MR) is 197 cm³/mol. The number of hydrogen-bond donors (Lipinski definition) is 0. The number of aromatic nitrogens is 2. The van der Waals surface area contributed by atoms with E-state index in [-0.39, 0.29) is 0 Å². The predicted octanol–water partition coefficient (Wildman–Crippen LogP) is 11.2. The zero-order chi connectivity index (χ0) is 32.6. The number of benzene rings is 7. The number of rotatable bonds is 3. The van der Waals surface area contributed by atoms with Gasteiger partial charge in [0.05, 0.1) is 50.3 Å². The second kappa shape index (κ2) is 10.2. The van der Waals surface area contributed by atoms with Crippen molar-refractivity contribution < 1.29 is 4.42 Å². The number of furan rings is 1. The van der Waals surface area contributed by atoms with E-state index >= 15 is 0 Å². The molecule has 10 aromatic rings. The molecule has 49 heavy (non-hydrogen) atoms. The maximum Gasteiger partial charge on any atom is 0.137 e. The maximum absolute atomic E-state index is 10.4. The normalized spacial score (nSPS) is 11.6. The van der Waals surface area contributed by atoms with Crippen molar-refractivity contribution in [1.29, 1.82) is 10.5 Å². The van der Waals surface area contributed by atoms with Gasteiger partial charge in [-0.25, -0.2) is 0 Å². The van der Waals surface area contributed by atoms with Crippen LogP contribution in [-0.2, 0) is 0 Å². The lowest BCUT2D eigenvalue weighted by molar-refractivity contribution is 0.669. The summed E-state index contributed by atoms with van der Waals surface area (Å²) in [4.78, 5) is 0. The molecule has 0 atom stereocenters. The third-order valence-electron chi connectivity index (χ3n) is 9.79. The Hall–Kier alpha value is -7.08. The smallest absolute Gasteiger partial charge is 0.137 e. The van der Waals surface area contributed by atoms with Gasteiger partial charge in [-0.15, -0.1) is 0 Å². The molecule has 7 aromatic carbocycles. The molecule has 0 aliphatic heterocycles. The Labute approximate surface area is 280 Å². The van der Waals surface area contributed by atoms with Gasteiger partial charge in [0, 0.05) is 32.6 Å². The van der Waals surface area contributed by atoms with Gasteiger partial charge in [-0.3, -0.25) is 0 Å². The molecule has 0 amide bonds. The minimum atomic E-state index is 0.574. The molecule has 0 saturated carbocycles. The fraction of sp³-hybridized carbons (Fsp3) is 0. The molecule has 0 radical (unpaired) electrons. The topological polar surface area (TPSA) is 70.6 Å². The molecule has 5 heteroatoms. The van der Waals surface area contributed by atoms with Gasteiger partial charge in [0.25, 0.3) is 0 Å². The van der Waals surface area contributed by atoms with Crippen LogP contribution in [0.25, 0.3) is 88.1 Å². The van der Waals surface area contributed by atoms with Crippen molar-refractivity contribution in [1.82, 2.24) is 9.13 Å². The van der Waals surface area contributed by atoms with Crippen LogP contribution in [0.1, 0.15) is 11.1 Å². The van der Waals surface area contributed by atoms with Gasteiger partial charge in [0.2, 0.25) is 0 Å². The SMILES string of the molecule is N#Cc1ccc2c(c1)c1ccccc1n2-c1ccc(-c2ccc(-n3c4ccccc4c4ccc5oc6ccccc6c5c43)cc2)cc1C#N. The van der Waals surface area contributed by atoms with Crippen molar-refractivity contribution in [2.45, 2.75) is 0 Å². The van der Waals surface area contributed by atoms with Crippen LogP contribution >= 0.6 is 0 Å². The Morgan fingerprint density at radius 1 is 0.469 bits per heavy atom. The first-order valence-corrected chi connectivity index (χ1v) is 16.1. The molecular weight excluding hydrogens is 601 g/mol. The first kappa shape index (κ1) is 27.1. The van der Waals surface area contributed by atoms with Crippen molar-refractivity contribution >= 4 is 65.6 Å². The number of para-hydroxylation sites is 3. The molecule has 0 saturated heterocycles. The van der Waals surface area contributed by atoms with E-state index in [1.807, 2.05) is 54.6 Å². The molecular formula is C44H24N4O. The summed E-state index contributed by atoms with van der Waals surface area (Å²) in [5.74, 6) is 0. The molecule has 0 unspecified atom stereocenters. The number of nitrogens with zero attached hydrogens (tertiary/aromatic N) is 4. The van der Waals surface area contributed by atoms with E-state index in [9.17, 15) is 10.5 Å². The van der Waals surface area contributed by atoms with E-state index in [1.54, 1.807) is 0 Å². The van der Waals surface area contributed by atoms with Gasteiger partial charge in [-0.1, -0.05) is 72.8 Å². The standard InChI is InChI=1S/C44H24N4O/c45-25-27-13-20-40-36(23-27)33-8-2-5-11-39(33)48(40)37-21-16-29(24-30(37)26-46)28-14-17-31(18-15-28)47-38-10-4-1-7-32(38)34-19-22-42-43(44(34)47)35-9-3-6-12-41(35)49-42/h1-24H. The summed E-state index contributed by atoms with van der Waals surface area (Å²) in [5, 5.41) is 26.6. The van der Waals surface area contributed by atoms with Crippen molar-refractivity contribution in [3.05, 3.63) is 157 Å². The summed E-state index contributed by atoms with van der Waals surface area (Å²) in [6, 6.07) is 54.2. The Bertz CT molecular complexity index is 3070. The van der Waals surface area contributed by atoms with Crippen molar-refractivity contribution in [3.8, 4) is 34.6 Å². The zero-order valence-electron chi connectivity index (χ0n) is 26.1. The van der Waals surface area contributed by atoms with E-state index < -0.39 is 0 Å². The molecule has 0 aliphatic carbocycles. The number of hydrogen-bond acceptors (Lipinski definition) is 3. The fourth-order valence-electron chi connectivity index (χ4n) is 7.64. The summed E-state index contributed by atoms with van der Waals surface area (Å²) in [7, 11) is 0. The maximum atomic E-state index is 10.4. The highest BCUT2D eigenvalue weighted by atomic mass is 16.3. The minimum Gasteiger partial charge on any atom is -0.456 e. The highest BCUT2D eigenvalue weighted by Crippen LogP contribution is 2.41. The average molecular weight is 625 g/mol. The Morgan fingerprint density at radius 3 is 1.92 bits per heavy atom. The van der Waals surface area contributed by atoms with Gasteiger partial charge >= 0.3 is 0 Å². The van der Waals surface area contributed by atoms with Crippen LogP contribution in [0.5, 0.6) is 0 Å². The molecule has 0 N–H and O–H groups in total. The Balaban J connectivity index is 1.12. The van der Waals surface area contributed by atoms with Crippen LogP contribution in [0, 0.1) is 22.7 Å². The van der Waals surface area contributed by atoms with Gasteiger partial charge < -0.3 is 13.6 Å². The molecule has 0 bridgehead atoms. The van der Waals surface area contributed by atoms with Crippen LogP contribution in [-0.4, -0.2) is 9.13 Å². The highest BCUT2D eigenvalue weighted by molar-refractivity contribution is 6.24. The quantitative estimate of drug-likeness (QED) is 0.196. The van der Waals surface area contributed by atoms with E-state index in [0.717, 1.165) is 77.3 Å². The monoisotopic (exact) mass is 624 g/mol. The van der Waals surface area contributed by atoms with Gasteiger partial charge in [0.1, 0.15) is 17.2 Å². The van der Waals surface area contributed by atoms with Crippen LogP contribution in [0.4, 0.5) is 0 Å². The van der Waals surface area contributed by atoms with Gasteiger partial charge in [-0.2, -0.15) is 10.5 Å². The zero-order valence-corrected chi connectivity index (χ0v) is 26.1. The fourth-order valence-corrected chi connectivity index (χ4v) is 7.64. The minimum absolute atomic E-state index is 0.574. The van der Waals surface area contributed by atoms with E-state index in [0.29, 0.717) is 11.1 Å². The van der Waals surface area contributed by atoms with E-state index in [4.69, 9.17) is 4.42 Å². The lowest BCUT2D eigenvalue weighted by Gasteiger charge is -2.13. The third-order valence-corrected chi connectivity index (χ3v) is 9.79. The molecule has 3 aromatic heterocycles. The van der Waals surface area contributed by atoms with E-state index in [1.165, 1.54) is 10.8 Å². The lowest BCUT2D eigenvalue weighted by Crippen LogP contribution is -1.98. The van der Waals surface area contributed by atoms with Crippen molar-refractivity contribution in [3.63, 3.8) is 0 Å². The van der Waals surface area contributed by atoms with Gasteiger partial charge in [0.15, 0.2) is 0 Å². The van der Waals surface area contributed by atoms with Crippen molar-refractivity contribution in [2.24, 2.45) is 0 Å². The summed E-state index contributed by atoms with van der Waals surface area (Å²) in [5.41, 5.74) is 11.0. The summed E-state index contributed by atoms with van der Waals surface area (Å²) >= 11 is 0. The first-order chi connectivity index (χ1) is 24.2. The van der Waals surface area contributed by atoms with Gasteiger partial charge in [-0.05, 0) is 83.9 Å². The summed E-state index contributed by atoms with van der Waals surface area (Å²) < 4.78 is 10.7. The second-order valence-corrected chi connectivity index (χ2v) is 12.4. The van der Waals surface area contributed by atoms with E-state index in [2.05, 4.69) is 112 Å². The highest BCUT2D eigenvalue weighted by Gasteiger charge is 2.20. The Morgan fingerprint density at radius 2 is 1.14 bits per heavy atom. The molecule has 10 rings (SSSR count). The third kappa shape index (κ3) is 3.85. The molecule has 5 nitrogen and oxygen atoms in total. The number of nitriles is 2. The molecule has 3 heterocycles. The molecule has 226 valence electrons. The average Bonchev–Trinajstić information content (AvgIpc) is 3.82. The van der Waals surface area contributed by atoms with Crippen LogP contribution in [0.2, 0.25) is 0 Å². The largest absolute Gasteiger partial charge is 0.456 e. The van der Waals surface area contributed by atoms with Crippen LogP contribution < -0.4 is 0 Å². The van der Waals surface area contributed by atoms with Crippen LogP contribution in [0.15, 0.2) is 150 Å². The van der Waals surface area contributed by atoms with Crippen molar-refractivity contribution in [2.75, 3.05) is 0 Å². The molecule has 0 aliphatic rings. The second-order valence-electron chi connectivity index (χ2n) is 12.4. The molecule has 0 spiro atoms. The first-order valence-electron chi connectivity index (χ1n) is 16.1. The lowest BCUT2D eigenvalue weighted by atomic mass is 10.0. The summed E-state index contributed by atoms with van der Waals surface area (Å²) in [6.45, 7) is 0. The summed E-state index contributed by atoms with van der Waals surface area (Å²) in [6.07, 6.45) is 0.